The number of imidazole rings is 2. The molecule has 0 aliphatic carbocycles. The van der Waals surface area contributed by atoms with Gasteiger partial charge in [-0.15, -0.1) is 0 Å². The Morgan fingerprint density at radius 2 is 1.73 bits per heavy atom. The molecule has 22 heavy (non-hydrogen) atoms. The molecule has 4 rings (SSSR count). The van der Waals surface area contributed by atoms with E-state index in [0.29, 0.717) is 11.3 Å². The van der Waals surface area contributed by atoms with Crippen LogP contribution in [0.1, 0.15) is 0 Å². The number of aromatic amines is 2. The summed E-state index contributed by atoms with van der Waals surface area (Å²) in [6, 6.07) is 12.3. The molecule has 0 amide bonds. The van der Waals surface area contributed by atoms with Gasteiger partial charge in [-0.05, 0) is 34.1 Å². The second-order valence-corrected chi connectivity index (χ2v) is 5.73. The maximum Gasteiger partial charge on any atom is 0.139 e. The van der Waals surface area contributed by atoms with Gasteiger partial charge in [0.1, 0.15) is 22.1 Å². The lowest BCUT2D eigenvalue weighted by Crippen LogP contribution is -1.88. The van der Waals surface area contributed by atoms with Crippen LogP contribution >= 0.6 is 15.9 Å². The monoisotopic (exact) mass is 356 g/mol. The van der Waals surface area contributed by atoms with Crippen LogP contribution in [0.4, 0.5) is 4.39 Å². The average molecular weight is 357 g/mol. The van der Waals surface area contributed by atoms with Crippen molar-refractivity contribution >= 4 is 27.0 Å². The van der Waals surface area contributed by atoms with Crippen molar-refractivity contribution < 1.29 is 4.39 Å². The first-order valence-electron chi connectivity index (χ1n) is 6.66. The van der Waals surface area contributed by atoms with Crippen LogP contribution in [0.15, 0.2) is 53.3 Å². The molecule has 0 aliphatic heterocycles. The van der Waals surface area contributed by atoms with E-state index in [1.807, 2.05) is 24.3 Å². The van der Waals surface area contributed by atoms with Gasteiger partial charge in [-0.1, -0.05) is 24.3 Å². The number of nitrogens with zero attached hydrogens (tertiary/aromatic N) is 2. The SMILES string of the molecule is Fc1ccc2nc(-c3ccccc3-c3ncc(Br)[nH]3)[nH]c2c1. The van der Waals surface area contributed by atoms with Gasteiger partial charge in [-0.2, -0.15) is 0 Å². The van der Waals surface area contributed by atoms with Crippen molar-refractivity contribution in [3.05, 3.63) is 59.1 Å². The first-order chi connectivity index (χ1) is 10.7. The summed E-state index contributed by atoms with van der Waals surface area (Å²) in [7, 11) is 0. The van der Waals surface area contributed by atoms with E-state index in [1.54, 1.807) is 12.3 Å². The van der Waals surface area contributed by atoms with Crippen LogP contribution in [-0.2, 0) is 0 Å². The van der Waals surface area contributed by atoms with Crippen LogP contribution in [0.2, 0.25) is 0 Å². The number of aromatic nitrogens is 4. The highest BCUT2D eigenvalue weighted by Crippen LogP contribution is 2.30. The third-order valence-electron chi connectivity index (χ3n) is 3.43. The van der Waals surface area contributed by atoms with Gasteiger partial charge in [0.25, 0.3) is 0 Å². The summed E-state index contributed by atoms with van der Waals surface area (Å²) in [6.45, 7) is 0. The molecule has 0 fully saturated rings. The number of nitrogens with one attached hydrogen (secondary N) is 2. The van der Waals surface area contributed by atoms with Crippen LogP contribution in [0.25, 0.3) is 33.8 Å². The van der Waals surface area contributed by atoms with Crippen molar-refractivity contribution in [2.75, 3.05) is 0 Å². The zero-order chi connectivity index (χ0) is 15.1. The van der Waals surface area contributed by atoms with E-state index in [2.05, 4.69) is 35.9 Å². The van der Waals surface area contributed by atoms with Crippen LogP contribution < -0.4 is 0 Å². The second kappa shape index (κ2) is 5.06. The number of H-pyrrole nitrogens is 2. The zero-order valence-corrected chi connectivity index (χ0v) is 12.9. The number of hydrogen-bond acceptors (Lipinski definition) is 2. The second-order valence-electron chi connectivity index (χ2n) is 4.87. The Balaban J connectivity index is 1.91. The van der Waals surface area contributed by atoms with E-state index >= 15 is 0 Å². The van der Waals surface area contributed by atoms with Crippen LogP contribution in [0, 0.1) is 5.82 Å². The molecule has 0 bridgehead atoms. The molecule has 2 aromatic heterocycles. The molecule has 108 valence electrons. The summed E-state index contributed by atoms with van der Waals surface area (Å²) in [5.74, 6) is 1.14. The molecule has 0 radical (unpaired) electrons. The third-order valence-corrected chi connectivity index (χ3v) is 3.83. The molecule has 0 spiro atoms. The molecule has 0 unspecified atom stereocenters. The molecule has 0 aliphatic rings. The smallest absolute Gasteiger partial charge is 0.139 e. The van der Waals surface area contributed by atoms with E-state index in [-0.39, 0.29) is 5.82 Å². The summed E-state index contributed by atoms with van der Waals surface area (Å²) >= 11 is 3.36. The summed E-state index contributed by atoms with van der Waals surface area (Å²) in [5.41, 5.74) is 3.23. The Labute approximate surface area is 133 Å². The minimum atomic E-state index is -0.286. The number of fused-ring (bicyclic) bond motifs is 1. The van der Waals surface area contributed by atoms with Crippen molar-refractivity contribution in [1.82, 2.24) is 19.9 Å². The molecule has 6 heteroatoms. The van der Waals surface area contributed by atoms with Gasteiger partial charge in [0.15, 0.2) is 0 Å². The quantitative estimate of drug-likeness (QED) is 0.554. The maximum absolute atomic E-state index is 13.3. The number of halogens is 2. The first kappa shape index (κ1) is 13.2. The van der Waals surface area contributed by atoms with E-state index in [9.17, 15) is 4.39 Å². The fraction of sp³-hybridized carbons (Fsp3) is 0. The number of rotatable bonds is 2. The summed E-state index contributed by atoms with van der Waals surface area (Å²) in [6.07, 6.45) is 1.71. The number of hydrogen-bond donors (Lipinski definition) is 2. The summed E-state index contributed by atoms with van der Waals surface area (Å²) < 4.78 is 14.1. The van der Waals surface area contributed by atoms with Gasteiger partial charge in [0.05, 0.1) is 17.2 Å². The van der Waals surface area contributed by atoms with Crippen molar-refractivity contribution in [2.24, 2.45) is 0 Å². The van der Waals surface area contributed by atoms with Gasteiger partial charge in [0, 0.05) is 11.1 Å². The molecular formula is C16H10BrFN4. The van der Waals surface area contributed by atoms with Crippen LogP contribution in [0.5, 0.6) is 0 Å². The van der Waals surface area contributed by atoms with Gasteiger partial charge in [0.2, 0.25) is 0 Å². The van der Waals surface area contributed by atoms with Crippen LogP contribution in [-0.4, -0.2) is 19.9 Å². The van der Waals surface area contributed by atoms with E-state index in [0.717, 1.165) is 27.1 Å². The Kier molecular flexibility index (Phi) is 3.04. The lowest BCUT2D eigenvalue weighted by Gasteiger charge is -2.04. The predicted molar refractivity (Wildman–Crippen MR) is 86.8 cm³/mol. The van der Waals surface area contributed by atoms with E-state index < -0.39 is 0 Å². The fourth-order valence-corrected chi connectivity index (χ4v) is 2.73. The lowest BCUT2D eigenvalue weighted by atomic mass is 10.1. The lowest BCUT2D eigenvalue weighted by molar-refractivity contribution is 0.629. The largest absolute Gasteiger partial charge is 0.338 e. The molecule has 2 aromatic carbocycles. The van der Waals surface area contributed by atoms with E-state index in [1.165, 1.54) is 12.1 Å². The molecular weight excluding hydrogens is 347 g/mol. The zero-order valence-electron chi connectivity index (χ0n) is 11.3. The summed E-state index contributed by atoms with van der Waals surface area (Å²) in [4.78, 5) is 15.2. The Bertz CT molecular complexity index is 973. The van der Waals surface area contributed by atoms with Gasteiger partial charge < -0.3 is 9.97 Å². The minimum absolute atomic E-state index is 0.286. The highest BCUT2D eigenvalue weighted by atomic mass is 79.9. The molecule has 4 nitrogen and oxygen atoms in total. The Morgan fingerprint density at radius 1 is 0.955 bits per heavy atom. The molecule has 2 heterocycles. The van der Waals surface area contributed by atoms with Crippen molar-refractivity contribution in [3.8, 4) is 22.8 Å². The first-order valence-corrected chi connectivity index (χ1v) is 7.45. The van der Waals surface area contributed by atoms with Crippen molar-refractivity contribution in [2.45, 2.75) is 0 Å². The average Bonchev–Trinajstić information content (AvgIpc) is 3.13. The maximum atomic E-state index is 13.3. The van der Waals surface area contributed by atoms with Crippen molar-refractivity contribution in [1.29, 1.82) is 0 Å². The van der Waals surface area contributed by atoms with Gasteiger partial charge in [-0.3, -0.25) is 0 Å². The Morgan fingerprint density at radius 3 is 2.45 bits per heavy atom. The molecule has 2 N–H and O–H groups in total. The van der Waals surface area contributed by atoms with Gasteiger partial charge >= 0.3 is 0 Å². The summed E-state index contributed by atoms with van der Waals surface area (Å²) in [5, 5.41) is 0. The van der Waals surface area contributed by atoms with Gasteiger partial charge in [-0.25, -0.2) is 14.4 Å². The standard InChI is InChI=1S/C16H10BrFN4/c17-14-8-19-15(22-14)10-3-1-2-4-11(10)16-20-12-6-5-9(18)7-13(12)21-16/h1-8H,(H,19,22)(H,20,21). The topological polar surface area (TPSA) is 57.4 Å². The minimum Gasteiger partial charge on any atom is -0.338 e. The van der Waals surface area contributed by atoms with Crippen LogP contribution in [0.3, 0.4) is 0 Å². The molecule has 0 saturated carbocycles. The number of benzene rings is 2. The normalized spacial score (nSPS) is 11.2. The highest BCUT2D eigenvalue weighted by Gasteiger charge is 2.13. The molecule has 4 aromatic rings. The third kappa shape index (κ3) is 2.21. The fourth-order valence-electron chi connectivity index (χ4n) is 2.44. The van der Waals surface area contributed by atoms with E-state index in [4.69, 9.17) is 0 Å². The Hall–Kier alpha value is -2.47. The van der Waals surface area contributed by atoms with Crippen molar-refractivity contribution in [3.63, 3.8) is 0 Å². The predicted octanol–water partition coefficient (Wildman–Crippen LogP) is 4.52. The molecule has 0 saturated heterocycles. The highest BCUT2D eigenvalue weighted by molar-refractivity contribution is 9.10. The molecule has 0 atom stereocenters.